The topological polar surface area (TPSA) is 59.8 Å². The standard InChI is InChI=1S/C11H14N4OS/c1-7-9(8(2)15(3)14-7)6-10(16)13-11-12-4-5-17-11/h4-5H,6H2,1-3H3,(H,12,13,16). The number of hydrogen-bond acceptors (Lipinski definition) is 4. The maximum atomic E-state index is 11.8. The van der Waals surface area contributed by atoms with Crippen molar-refractivity contribution in [3.8, 4) is 0 Å². The summed E-state index contributed by atoms with van der Waals surface area (Å²) in [6.45, 7) is 3.88. The number of rotatable bonds is 3. The van der Waals surface area contributed by atoms with Crippen LogP contribution < -0.4 is 5.32 Å². The molecular weight excluding hydrogens is 236 g/mol. The van der Waals surface area contributed by atoms with Crippen LogP contribution in [0.5, 0.6) is 0 Å². The Balaban J connectivity index is 2.08. The second kappa shape index (κ2) is 4.67. The summed E-state index contributed by atoms with van der Waals surface area (Å²) in [6, 6.07) is 0. The monoisotopic (exact) mass is 250 g/mol. The lowest BCUT2D eigenvalue weighted by atomic mass is 10.1. The number of hydrogen-bond donors (Lipinski definition) is 1. The van der Waals surface area contributed by atoms with Gasteiger partial charge in [-0.3, -0.25) is 9.48 Å². The molecule has 2 aromatic rings. The second-order valence-corrected chi connectivity index (χ2v) is 4.73. The van der Waals surface area contributed by atoms with Crippen molar-refractivity contribution in [1.29, 1.82) is 0 Å². The maximum Gasteiger partial charge on any atom is 0.230 e. The van der Waals surface area contributed by atoms with Gasteiger partial charge in [-0.05, 0) is 13.8 Å². The van der Waals surface area contributed by atoms with Gasteiger partial charge in [-0.1, -0.05) is 0 Å². The van der Waals surface area contributed by atoms with Gasteiger partial charge >= 0.3 is 0 Å². The number of aromatic nitrogens is 3. The van der Waals surface area contributed by atoms with Crippen LogP contribution in [-0.2, 0) is 18.3 Å². The van der Waals surface area contributed by atoms with Crippen LogP contribution in [0.4, 0.5) is 5.13 Å². The first kappa shape index (κ1) is 11.8. The van der Waals surface area contributed by atoms with Crippen molar-refractivity contribution in [1.82, 2.24) is 14.8 Å². The van der Waals surface area contributed by atoms with Crippen LogP contribution in [-0.4, -0.2) is 20.7 Å². The predicted molar refractivity (Wildman–Crippen MR) is 67.1 cm³/mol. The molecule has 0 aliphatic rings. The molecule has 0 atom stereocenters. The van der Waals surface area contributed by atoms with Crippen molar-refractivity contribution in [3.05, 3.63) is 28.5 Å². The molecule has 2 heterocycles. The van der Waals surface area contributed by atoms with Gasteiger partial charge in [0.1, 0.15) is 0 Å². The number of nitrogens with one attached hydrogen (secondary N) is 1. The second-order valence-electron chi connectivity index (χ2n) is 3.84. The van der Waals surface area contributed by atoms with Crippen molar-refractivity contribution in [2.24, 2.45) is 7.05 Å². The molecule has 1 amide bonds. The van der Waals surface area contributed by atoms with Crippen LogP contribution in [0.2, 0.25) is 0 Å². The maximum absolute atomic E-state index is 11.8. The van der Waals surface area contributed by atoms with Crippen LogP contribution in [0.25, 0.3) is 0 Å². The van der Waals surface area contributed by atoms with Gasteiger partial charge in [0.05, 0.1) is 12.1 Å². The third-order valence-electron chi connectivity index (χ3n) is 2.67. The van der Waals surface area contributed by atoms with Crippen LogP contribution in [0.1, 0.15) is 17.0 Å². The minimum absolute atomic E-state index is 0.0563. The van der Waals surface area contributed by atoms with Gasteiger partial charge in [-0.15, -0.1) is 11.3 Å². The van der Waals surface area contributed by atoms with E-state index in [9.17, 15) is 4.79 Å². The minimum Gasteiger partial charge on any atom is -0.302 e. The highest BCUT2D eigenvalue weighted by molar-refractivity contribution is 7.13. The fourth-order valence-corrected chi connectivity index (χ4v) is 2.23. The molecule has 0 aromatic carbocycles. The predicted octanol–water partition coefficient (Wildman–Crippen LogP) is 1.67. The zero-order chi connectivity index (χ0) is 12.4. The van der Waals surface area contributed by atoms with E-state index >= 15 is 0 Å². The number of carbonyl (C=O) groups excluding carboxylic acids is 1. The Morgan fingerprint density at radius 1 is 1.53 bits per heavy atom. The summed E-state index contributed by atoms with van der Waals surface area (Å²) >= 11 is 1.41. The van der Waals surface area contributed by atoms with Crippen molar-refractivity contribution >= 4 is 22.4 Å². The first-order valence-corrected chi connectivity index (χ1v) is 6.14. The first-order chi connectivity index (χ1) is 8.08. The van der Waals surface area contributed by atoms with Crippen LogP contribution >= 0.6 is 11.3 Å². The summed E-state index contributed by atoms with van der Waals surface area (Å²) in [7, 11) is 1.88. The molecular formula is C11H14N4OS. The van der Waals surface area contributed by atoms with E-state index in [0.717, 1.165) is 17.0 Å². The van der Waals surface area contributed by atoms with E-state index < -0.39 is 0 Å². The van der Waals surface area contributed by atoms with Gasteiger partial charge in [0.25, 0.3) is 0 Å². The third-order valence-corrected chi connectivity index (χ3v) is 3.36. The third kappa shape index (κ3) is 2.52. The van der Waals surface area contributed by atoms with E-state index in [1.165, 1.54) is 11.3 Å². The molecule has 0 saturated carbocycles. The normalized spacial score (nSPS) is 10.5. The van der Waals surface area contributed by atoms with Crippen LogP contribution in [0, 0.1) is 13.8 Å². The van der Waals surface area contributed by atoms with Crippen LogP contribution in [0.15, 0.2) is 11.6 Å². The first-order valence-electron chi connectivity index (χ1n) is 5.26. The fraction of sp³-hybridized carbons (Fsp3) is 0.364. The number of carbonyl (C=O) groups is 1. The number of amides is 1. The lowest BCUT2D eigenvalue weighted by Crippen LogP contribution is -2.15. The van der Waals surface area contributed by atoms with Gasteiger partial charge < -0.3 is 5.32 Å². The van der Waals surface area contributed by atoms with E-state index in [1.54, 1.807) is 10.9 Å². The summed E-state index contributed by atoms with van der Waals surface area (Å²) in [6.07, 6.45) is 2.01. The molecule has 2 aromatic heterocycles. The lowest BCUT2D eigenvalue weighted by Gasteiger charge is -2.02. The largest absolute Gasteiger partial charge is 0.302 e. The molecule has 17 heavy (non-hydrogen) atoms. The average molecular weight is 250 g/mol. The van der Waals surface area contributed by atoms with E-state index in [4.69, 9.17) is 0 Å². The van der Waals surface area contributed by atoms with Gasteiger partial charge in [0.15, 0.2) is 5.13 Å². The Labute approximate surface area is 103 Å². The summed E-state index contributed by atoms with van der Waals surface area (Å²) in [5.41, 5.74) is 2.91. The SMILES string of the molecule is Cc1nn(C)c(C)c1CC(=O)Nc1nccs1. The molecule has 0 unspecified atom stereocenters. The smallest absolute Gasteiger partial charge is 0.230 e. The van der Waals surface area contributed by atoms with E-state index in [0.29, 0.717) is 11.6 Å². The zero-order valence-electron chi connectivity index (χ0n) is 10.0. The van der Waals surface area contributed by atoms with E-state index in [-0.39, 0.29) is 5.91 Å². The van der Waals surface area contributed by atoms with Crippen molar-refractivity contribution in [3.63, 3.8) is 0 Å². The Morgan fingerprint density at radius 2 is 2.29 bits per heavy atom. The Kier molecular flexibility index (Phi) is 3.23. The molecule has 0 bridgehead atoms. The number of nitrogens with zero attached hydrogens (tertiary/aromatic N) is 3. The molecule has 90 valence electrons. The summed E-state index contributed by atoms with van der Waals surface area (Å²) in [5, 5.41) is 9.51. The molecule has 5 nitrogen and oxygen atoms in total. The quantitative estimate of drug-likeness (QED) is 0.901. The van der Waals surface area contributed by atoms with Crippen molar-refractivity contribution in [2.75, 3.05) is 5.32 Å². The lowest BCUT2D eigenvalue weighted by molar-refractivity contribution is -0.115. The van der Waals surface area contributed by atoms with Gasteiger partial charge in [0, 0.05) is 29.9 Å². The Bertz CT molecular complexity index is 530. The van der Waals surface area contributed by atoms with Crippen molar-refractivity contribution < 1.29 is 4.79 Å². The molecule has 2 rings (SSSR count). The zero-order valence-corrected chi connectivity index (χ0v) is 10.8. The number of thiazole rings is 1. The molecule has 6 heteroatoms. The summed E-state index contributed by atoms with van der Waals surface area (Å²) in [4.78, 5) is 15.8. The molecule has 0 radical (unpaired) electrons. The Morgan fingerprint density at radius 3 is 2.82 bits per heavy atom. The van der Waals surface area contributed by atoms with E-state index in [2.05, 4.69) is 15.4 Å². The molecule has 0 aliphatic carbocycles. The number of aryl methyl sites for hydroxylation is 2. The van der Waals surface area contributed by atoms with Gasteiger partial charge in [0.2, 0.25) is 5.91 Å². The molecule has 0 fully saturated rings. The van der Waals surface area contributed by atoms with Gasteiger partial charge in [-0.2, -0.15) is 5.10 Å². The summed E-state index contributed by atoms with van der Waals surface area (Å²) < 4.78 is 1.79. The number of anilines is 1. The molecule has 0 spiro atoms. The molecule has 1 N–H and O–H groups in total. The minimum atomic E-state index is -0.0563. The van der Waals surface area contributed by atoms with Gasteiger partial charge in [-0.25, -0.2) is 4.98 Å². The molecule has 0 aliphatic heterocycles. The highest BCUT2D eigenvalue weighted by Crippen LogP contribution is 2.15. The van der Waals surface area contributed by atoms with Crippen LogP contribution in [0.3, 0.4) is 0 Å². The van der Waals surface area contributed by atoms with Crippen molar-refractivity contribution in [2.45, 2.75) is 20.3 Å². The average Bonchev–Trinajstić information content (AvgIpc) is 2.83. The highest BCUT2D eigenvalue weighted by atomic mass is 32.1. The Hall–Kier alpha value is -1.69. The summed E-state index contributed by atoms with van der Waals surface area (Å²) in [5.74, 6) is -0.0563. The van der Waals surface area contributed by atoms with E-state index in [1.807, 2.05) is 26.3 Å². The molecule has 0 saturated heterocycles. The fourth-order valence-electron chi connectivity index (χ4n) is 1.68. The highest BCUT2D eigenvalue weighted by Gasteiger charge is 2.13.